The highest BCUT2D eigenvalue weighted by Gasteiger charge is 2.49. The van der Waals surface area contributed by atoms with Gasteiger partial charge in [-0.15, -0.1) is 0 Å². The molecule has 0 unspecified atom stereocenters. The lowest BCUT2D eigenvalue weighted by Crippen LogP contribution is -2.58. The van der Waals surface area contributed by atoms with Crippen LogP contribution in [-0.2, 0) is 5.41 Å². The van der Waals surface area contributed by atoms with Gasteiger partial charge in [-0.25, -0.2) is 0 Å². The van der Waals surface area contributed by atoms with Crippen LogP contribution >= 0.6 is 0 Å². The molecule has 19 heavy (non-hydrogen) atoms. The van der Waals surface area contributed by atoms with Crippen molar-refractivity contribution >= 4 is 11.6 Å². The first-order valence-corrected chi connectivity index (χ1v) is 7.06. The number of carbonyl (C=O) groups is 1. The third kappa shape index (κ3) is 1.67. The van der Waals surface area contributed by atoms with Crippen molar-refractivity contribution in [3.63, 3.8) is 0 Å². The van der Waals surface area contributed by atoms with Crippen LogP contribution in [0.5, 0.6) is 0 Å². The van der Waals surface area contributed by atoms with Crippen molar-refractivity contribution in [1.29, 1.82) is 0 Å². The summed E-state index contributed by atoms with van der Waals surface area (Å²) in [4.78, 5) is 14.8. The Morgan fingerprint density at radius 3 is 2.47 bits per heavy atom. The maximum atomic E-state index is 12.8. The van der Waals surface area contributed by atoms with Crippen LogP contribution in [0.3, 0.4) is 0 Å². The van der Waals surface area contributed by atoms with Gasteiger partial charge >= 0.3 is 0 Å². The van der Waals surface area contributed by atoms with Crippen LogP contribution in [0.2, 0.25) is 0 Å². The molecule has 3 heteroatoms. The molecule has 1 fully saturated rings. The highest BCUT2D eigenvalue weighted by atomic mass is 16.2. The maximum Gasteiger partial charge on any atom is 0.256 e. The van der Waals surface area contributed by atoms with Gasteiger partial charge in [0.2, 0.25) is 0 Å². The van der Waals surface area contributed by atoms with E-state index < -0.39 is 0 Å². The predicted molar refractivity (Wildman–Crippen MR) is 77.2 cm³/mol. The van der Waals surface area contributed by atoms with Gasteiger partial charge in [0.1, 0.15) is 0 Å². The van der Waals surface area contributed by atoms with Crippen molar-refractivity contribution in [1.82, 2.24) is 4.90 Å². The number of nitrogen functional groups attached to an aromatic ring is 1. The molecule has 3 rings (SSSR count). The van der Waals surface area contributed by atoms with E-state index in [2.05, 4.69) is 26.8 Å². The van der Waals surface area contributed by atoms with Crippen LogP contribution in [0.1, 0.15) is 56.0 Å². The number of anilines is 1. The Morgan fingerprint density at radius 2 is 1.95 bits per heavy atom. The molecule has 1 amide bonds. The van der Waals surface area contributed by atoms with Crippen molar-refractivity contribution in [2.45, 2.75) is 51.0 Å². The number of carbonyl (C=O) groups excluding carboxylic acids is 1. The number of hydrogen-bond acceptors (Lipinski definition) is 2. The molecule has 3 nitrogen and oxygen atoms in total. The summed E-state index contributed by atoms with van der Waals surface area (Å²) in [7, 11) is 0. The van der Waals surface area contributed by atoms with Crippen LogP contribution < -0.4 is 5.73 Å². The molecule has 0 atom stereocenters. The molecule has 0 saturated heterocycles. The van der Waals surface area contributed by atoms with E-state index in [0.717, 1.165) is 12.1 Å². The first-order valence-electron chi connectivity index (χ1n) is 7.06. The Balaban J connectivity index is 2.18. The van der Waals surface area contributed by atoms with Crippen molar-refractivity contribution < 1.29 is 4.79 Å². The summed E-state index contributed by atoms with van der Waals surface area (Å²) >= 11 is 0. The van der Waals surface area contributed by atoms with E-state index in [9.17, 15) is 4.79 Å². The van der Waals surface area contributed by atoms with Gasteiger partial charge in [0.25, 0.3) is 5.91 Å². The first kappa shape index (κ1) is 12.5. The van der Waals surface area contributed by atoms with Gasteiger partial charge in [-0.1, -0.05) is 18.6 Å². The van der Waals surface area contributed by atoms with Crippen molar-refractivity contribution in [3.05, 3.63) is 29.3 Å². The summed E-state index contributed by atoms with van der Waals surface area (Å²) in [5.74, 6) is 0.0955. The van der Waals surface area contributed by atoms with Crippen molar-refractivity contribution in [3.8, 4) is 0 Å². The SMILES string of the molecule is CC(C)(C)N1CC2(CCC2)c2cccc(N)c2C1=O. The zero-order valence-electron chi connectivity index (χ0n) is 12.0. The average Bonchev–Trinajstić information content (AvgIpc) is 2.25. The smallest absolute Gasteiger partial charge is 0.256 e. The highest BCUT2D eigenvalue weighted by Crippen LogP contribution is 2.50. The van der Waals surface area contributed by atoms with E-state index in [1.54, 1.807) is 0 Å². The summed E-state index contributed by atoms with van der Waals surface area (Å²) in [6.07, 6.45) is 3.59. The summed E-state index contributed by atoms with van der Waals surface area (Å²) < 4.78 is 0. The lowest BCUT2D eigenvalue weighted by Gasteiger charge is -2.53. The normalized spacial score (nSPS) is 21.2. The maximum absolute atomic E-state index is 12.8. The molecular weight excluding hydrogens is 236 g/mol. The Labute approximate surface area is 114 Å². The first-order chi connectivity index (χ1) is 8.85. The minimum absolute atomic E-state index is 0.0955. The standard InChI is InChI=1S/C16H22N2O/c1-15(2,3)18-10-16(8-5-9-16)11-6-4-7-12(17)13(11)14(18)19/h4,6-7H,5,8-10,17H2,1-3H3. The van der Waals surface area contributed by atoms with E-state index in [1.165, 1.54) is 24.8 Å². The molecule has 0 bridgehead atoms. The van der Waals surface area contributed by atoms with Crippen LogP contribution in [0.25, 0.3) is 0 Å². The molecule has 0 aromatic heterocycles. The van der Waals surface area contributed by atoms with Gasteiger partial charge in [0.05, 0.1) is 5.56 Å². The third-order valence-electron chi connectivity index (χ3n) is 4.71. The lowest BCUT2D eigenvalue weighted by molar-refractivity contribution is 0.0344. The predicted octanol–water partition coefficient (Wildman–Crippen LogP) is 2.94. The Bertz CT molecular complexity index is 538. The fourth-order valence-electron chi connectivity index (χ4n) is 3.42. The monoisotopic (exact) mass is 258 g/mol. The van der Waals surface area contributed by atoms with Gasteiger partial charge in [-0.3, -0.25) is 4.79 Å². The van der Waals surface area contributed by atoms with E-state index in [4.69, 9.17) is 5.73 Å². The summed E-state index contributed by atoms with van der Waals surface area (Å²) in [6, 6.07) is 5.92. The molecule has 2 aliphatic rings. The second kappa shape index (κ2) is 3.75. The molecule has 2 N–H and O–H groups in total. The third-order valence-corrected chi connectivity index (χ3v) is 4.71. The van der Waals surface area contributed by atoms with Gasteiger partial charge in [-0.05, 0) is 45.2 Å². The molecule has 1 aliphatic heterocycles. The average molecular weight is 258 g/mol. The van der Waals surface area contributed by atoms with Gasteiger partial charge in [0.15, 0.2) is 0 Å². The molecule has 1 aromatic carbocycles. The van der Waals surface area contributed by atoms with E-state index >= 15 is 0 Å². The van der Waals surface area contributed by atoms with Crippen molar-refractivity contribution in [2.24, 2.45) is 0 Å². The molecule has 1 heterocycles. The molecule has 1 aliphatic carbocycles. The van der Waals surface area contributed by atoms with Crippen molar-refractivity contribution in [2.75, 3.05) is 12.3 Å². The summed E-state index contributed by atoms with van der Waals surface area (Å²) in [6.45, 7) is 7.13. The van der Waals surface area contributed by atoms with Crippen LogP contribution in [0.15, 0.2) is 18.2 Å². The van der Waals surface area contributed by atoms with Crippen LogP contribution in [0, 0.1) is 0 Å². The largest absolute Gasteiger partial charge is 0.398 e. The van der Waals surface area contributed by atoms with Crippen LogP contribution in [0.4, 0.5) is 5.69 Å². The molecular formula is C16H22N2O. The number of fused-ring (bicyclic) bond motifs is 2. The fourth-order valence-corrected chi connectivity index (χ4v) is 3.42. The van der Waals surface area contributed by atoms with Gasteiger partial charge < -0.3 is 10.6 Å². The number of nitrogens with zero attached hydrogens (tertiary/aromatic N) is 1. The van der Waals surface area contributed by atoms with E-state index in [0.29, 0.717) is 5.69 Å². The number of nitrogens with two attached hydrogens (primary N) is 1. The quantitative estimate of drug-likeness (QED) is 0.727. The topological polar surface area (TPSA) is 46.3 Å². The van der Waals surface area contributed by atoms with E-state index in [-0.39, 0.29) is 16.9 Å². The Hall–Kier alpha value is -1.51. The zero-order chi connectivity index (χ0) is 13.8. The molecule has 102 valence electrons. The second-order valence-electron chi connectivity index (χ2n) is 6.97. The Morgan fingerprint density at radius 1 is 1.26 bits per heavy atom. The summed E-state index contributed by atoms with van der Waals surface area (Å²) in [5.41, 5.74) is 8.66. The van der Waals surface area contributed by atoms with Gasteiger partial charge in [0, 0.05) is 23.2 Å². The fraction of sp³-hybridized carbons (Fsp3) is 0.562. The number of amides is 1. The number of hydrogen-bond donors (Lipinski definition) is 1. The minimum atomic E-state index is -0.153. The zero-order valence-corrected chi connectivity index (χ0v) is 12.0. The molecule has 1 saturated carbocycles. The second-order valence-corrected chi connectivity index (χ2v) is 6.97. The molecule has 0 radical (unpaired) electrons. The number of rotatable bonds is 0. The van der Waals surface area contributed by atoms with E-state index in [1.807, 2.05) is 17.0 Å². The Kier molecular flexibility index (Phi) is 2.47. The van der Waals surface area contributed by atoms with Crippen LogP contribution in [-0.4, -0.2) is 22.9 Å². The molecule has 1 aromatic rings. The van der Waals surface area contributed by atoms with Gasteiger partial charge in [-0.2, -0.15) is 0 Å². The summed E-state index contributed by atoms with van der Waals surface area (Å²) in [5, 5.41) is 0. The highest BCUT2D eigenvalue weighted by molar-refractivity contribution is 6.02. The lowest BCUT2D eigenvalue weighted by atomic mass is 9.61. The molecule has 1 spiro atoms. The number of benzene rings is 1. The minimum Gasteiger partial charge on any atom is -0.398 e.